The highest BCUT2D eigenvalue weighted by Gasteiger charge is 2.56. The summed E-state index contributed by atoms with van der Waals surface area (Å²) in [4.78, 5) is 94.5. The summed E-state index contributed by atoms with van der Waals surface area (Å²) in [5, 5.41) is 38.4. The molecule has 6 aromatic carbocycles. The molecule has 32 nitrogen and oxygen atoms in total. The standard InChI is InChI=1S/C27H25Cl2N5O5S.C26H24Cl2N6O4S.C26H23Cl2N5O5S.C4H8O.CH2Cl2.4CH4.H3N/c1-27(14-17-3-5-18(15-30)6-4-17)25(36)33(22-12-20(28)11-21(29)13-22)26-31-16-23(34(26)27)40(37,38)32-9-7-19(8-10-32)24(35)39-2;1-26(13-16-2-4-17(14-29)5-3-16)24(36)33(21-11-19(27)10-20(28)12-21)25-31-15-22(34(25)26)39(37,38)32-8-6-18(7-9-32)23(30)35;1-26(13-16-2-4-17(14-29)5-3-16)24(36)32(21-11-19(27)10-20(28)12-21)25-30-15-22(33(25)26)39(37,38)31-8-6-18(7-9-31)23(34)35;1-2-4-5-3-1;2-1-3;;;;;/h3-6,11-13,16,19H,7-10,14H2,1-2H3;2-5,10-12,15,18H,6-9,13H2,1H3,(H2,30,35);2-5,10-12,15,18H,6-9,13H2,1H3,(H,34,35);1-4H2;1H2;4*1H4;1H3/t27-;2*26-;;;;;;;/m111......./s1. The van der Waals surface area contributed by atoms with E-state index in [2.05, 4.69) is 33.2 Å². The van der Waals surface area contributed by atoms with Gasteiger partial charge in [0.25, 0.3) is 47.8 Å². The zero-order valence-electron chi connectivity index (χ0n) is 68.6. The predicted octanol–water partition coefficient (Wildman–Crippen LogP) is 17.0. The average molecular weight is 2020 g/mol. The Kier molecular flexibility index (Phi) is 37.0. The molecule has 131 heavy (non-hydrogen) atoms. The highest BCUT2D eigenvalue weighted by molar-refractivity contribution is 7.89. The maximum absolute atomic E-state index is 14.2. The maximum Gasteiger partial charge on any atom is 0.308 e. The lowest BCUT2D eigenvalue weighted by atomic mass is 9.91. The van der Waals surface area contributed by atoms with Crippen molar-refractivity contribution in [1.29, 1.82) is 15.8 Å². The summed E-state index contributed by atoms with van der Waals surface area (Å²) in [6.45, 7) is 7.50. The molecule has 9 aromatic rings. The number of primary amides is 1. The number of benzene rings is 6. The van der Waals surface area contributed by atoms with E-state index in [4.69, 9.17) is 119 Å². The van der Waals surface area contributed by atoms with Crippen molar-refractivity contribution < 1.29 is 68.6 Å². The first-order valence-corrected chi connectivity index (χ1v) is 46.9. The van der Waals surface area contributed by atoms with Gasteiger partial charge in [0.1, 0.15) is 16.6 Å². The fourth-order valence-corrected chi connectivity index (χ4v) is 22.8. The van der Waals surface area contributed by atoms with Crippen molar-refractivity contribution in [2.24, 2.45) is 23.5 Å². The third-order valence-corrected chi connectivity index (χ3v) is 29.6. The van der Waals surface area contributed by atoms with Crippen molar-refractivity contribution in [3.05, 3.63) is 210 Å². The van der Waals surface area contributed by atoms with Crippen molar-refractivity contribution in [1.82, 2.24) is 47.7 Å². The number of carbonyl (C=O) groups excluding carboxylic acids is 5. The number of methoxy groups -OCH3 is 1. The average Bonchev–Trinajstić information content (AvgIpc) is 1.56. The SMILES string of the molecule is C.C.C.C.C1CCOC1.COC(=O)C1CCN(S(=O)(=O)c2cnc3n2[C@](C)(Cc2ccc(C#N)cc2)C(=O)N3c2cc(Cl)cc(Cl)c2)CC1.C[C@@]1(Cc2ccc(C#N)cc2)C(=O)N(c2cc(Cl)cc(Cl)c2)c2ncc(S(=O)(=O)N3CCC(C(=O)O)CC3)n21.C[C@@]1(Cc2ccc(C#N)cc2)C(=O)N(c2cc(Cl)cc(Cl)c2)c2ncc(S(=O)(=O)N3CCC(C(N)=O)CC3)n21.ClCCl.N. The predicted molar refractivity (Wildman–Crippen MR) is 505 cm³/mol. The van der Waals surface area contributed by atoms with E-state index < -0.39 is 82.2 Å². The Morgan fingerprint density at radius 1 is 0.458 bits per heavy atom. The van der Waals surface area contributed by atoms with Crippen LogP contribution in [0, 0.1) is 51.7 Å². The van der Waals surface area contributed by atoms with Crippen LogP contribution in [0.25, 0.3) is 0 Å². The van der Waals surface area contributed by atoms with Crippen molar-refractivity contribution in [3.8, 4) is 18.2 Å². The Morgan fingerprint density at radius 2 is 0.702 bits per heavy atom. The lowest BCUT2D eigenvalue weighted by molar-refractivity contribution is -0.146. The number of nitriles is 3. The molecule has 7 aliphatic rings. The zero-order valence-corrected chi connectivity index (χ0v) is 77.1. The van der Waals surface area contributed by atoms with Gasteiger partial charge in [0, 0.05) is 108 Å². The number of sulfonamides is 3. The minimum atomic E-state index is -4.15. The smallest absolute Gasteiger partial charge is 0.308 e. The number of nitrogens with zero attached hydrogens (tertiary/aromatic N) is 15. The van der Waals surface area contributed by atoms with Gasteiger partial charge in [-0.2, -0.15) is 28.7 Å². The van der Waals surface area contributed by atoms with Crippen LogP contribution in [-0.4, -0.2) is 172 Å². The molecule has 10 heterocycles. The van der Waals surface area contributed by atoms with Gasteiger partial charge in [-0.05, 0) is 180 Å². The summed E-state index contributed by atoms with van der Waals surface area (Å²) < 4.78 is 101. The molecule has 0 aliphatic carbocycles. The number of nitrogens with two attached hydrogens (primary N) is 1. The van der Waals surface area contributed by atoms with Crippen LogP contribution in [0.4, 0.5) is 34.9 Å². The summed E-state index contributed by atoms with van der Waals surface area (Å²) in [5.74, 6) is -4.10. The number of piperidine rings is 3. The summed E-state index contributed by atoms with van der Waals surface area (Å²) in [6.07, 6.45) is 8.25. The monoisotopic (exact) mass is 2010 g/mol. The minimum Gasteiger partial charge on any atom is -0.481 e. The lowest BCUT2D eigenvalue weighted by Crippen LogP contribution is -2.45. The summed E-state index contributed by atoms with van der Waals surface area (Å²) in [5.41, 5.74) is 5.76. The number of anilines is 6. The first-order chi connectivity index (χ1) is 59.8. The maximum atomic E-state index is 14.2. The number of alkyl halides is 2. The molecule has 0 saturated carbocycles. The third-order valence-electron chi connectivity index (χ3n) is 22.7. The number of carboxylic acids is 1. The third kappa shape index (κ3) is 22.5. The molecule has 702 valence electrons. The fraction of sp³-hybridized carbons (Fsp3) is 0.386. The van der Waals surface area contributed by atoms with Crippen LogP contribution >= 0.6 is 92.8 Å². The molecule has 3 atom stereocenters. The second kappa shape index (κ2) is 44.8. The first-order valence-electron chi connectivity index (χ1n) is 39.3. The van der Waals surface area contributed by atoms with Crippen LogP contribution in [0.15, 0.2) is 161 Å². The number of rotatable bonds is 18. The van der Waals surface area contributed by atoms with Crippen LogP contribution in [0.5, 0.6) is 0 Å². The van der Waals surface area contributed by atoms with Crippen molar-refractivity contribution in [2.45, 2.75) is 153 Å². The van der Waals surface area contributed by atoms with Crippen LogP contribution in [0.2, 0.25) is 30.1 Å². The first kappa shape index (κ1) is 108. The minimum absolute atomic E-state index is 0. The van der Waals surface area contributed by atoms with E-state index in [-0.39, 0.29) is 163 Å². The molecule has 4 saturated heterocycles. The second-order valence-electron chi connectivity index (χ2n) is 31.0. The zero-order chi connectivity index (χ0) is 91.3. The number of halogens is 8. The molecule has 43 heteroatoms. The molecular formula is C88H101Cl8N17O15S3. The van der Waals surface area contributed by atoms with Crippen LogP contribution in [0.1, 0.15) is 135 Å². The molecule has 4 fully saturated rings. The van der Waals surface area contributed by atoms with E-state index in [9.17, 15) is 64.4 Å². The summed E-state index contributed by atoms with van der Waals surface area (Å²) >= 11 is 46.9. The Labute approximate surface area is 802 Å². The molecular weight excluding hydrogens is 1910 g/mol. The van der Waals surface area contributed by atoms with E-state index in [0.717, 1.165) is 24.3 Å². The van der Waals surface area contributed by atoms with Gasteiger partial charge in [0.05, 0.1) is 94.8 Å². The number of carbonyl (C=O) groups is 6. The molecule has 0 unspecified atom stereocenters. The van der Waals surface area contributed by atoms with Gasteiger partial charge in [0.2, 0.25) is 23.8 Å². The Balaban J connectivity index is 0.000000252. The molecule has 16 rings (SSSR count). The van der Waals surface area contributed by atoms with E-state index in [1.165, 1.54) is 98.1 Å². The van der Waals surface area contributed by atoms with Crippen molar-refractivity contribution in [2.75, 3.05) is 79.6 Å². The molecule has 4 amide bonds. The van der Waals surface area contributed by atoms with Gasteiger partial charge in [-0.25, -0.2) is 54.9 Å². The Hall–Kier alpha value is -9.79. The van der Waals surface area contributed by atoms with Gasteiger partial charge in [-0.1, -0.05) is 136 Å². The molecule has 7 aliphatic heterocycles. The number of hydrogen-bond acceptors (Lipinski definition) is 21. The van der Waals surface area contributed by atoms with E-state index >= 15 is 0 Å². The number of ether oxygens (including phenoxy) is 2. The number of hydrogen-bond donors (Lipinski definition) is 3. The van der Waals surface area contributed by atoms with E-state index in [1.54, 1.807) is 130 Å². The van der Waals surface area contributed by atoms with Crippen molar-refractivity contribution >= 4 is 193 Å². The molecule has 0 spiro atoms. The Morgan fingerprint density at radius 3 is 0.916 bits per heavy atom. The normalized spacial score (nSPS) is 19.1. The number of fused-ring (bicyclic) bond motifs is 3. The molecule has 0 bridgehead atoms. The number of amides is 4. The van der Waals surface area contributed by atoms with Gasteiger partial charge in [-0.3, -0.25) is 42.5 Å². The number of esters is 1. The number of aromatic nitrogens is 6. The quantitative estimate of drug-likeness (QED) is 0.0530. The number of imidazole rings is 3. The highest BCUT2D eigenvalue weighted by Crippen LogP contribution is 2.50. The van der Waals surface area contributed by atoms with Crippen molar-refractivity contribution in [3.63, 3.8) is 0 Å². The van der Waals surface area contributed by atoms with Gasteiger partial charge >= 0.3 is 11.9 Å². The molecule has 0 radical (unpaired) electrons. The lowest BCUT2D eigenvalue weighted by Gasteiger charge is -2.31. The van der Waals surface area contributed by atoms with Crippen LogP contribution in [0.3, 0.4) is 0 Å². The summed E-state index contributed by atoms with van der Waals surface area (Å²) in [6, 6.07) is 40.3. The summed E-state index contributed by atoms with van der Waals surface area (Å²) in [7, 11) is -11.1. The van der Waals surface area contributed by atoms with Crippen LogP contribution in [-0.2, 0) is 104 Å². The molecule has 3 aromatic heterocycles. The highest BCUT2D eigenvalue weighted by atomic mass is 35.5. The van der Waals surface area contributed by atoms with Gasteiger partial charge in [0.15, 0.2) is 15.1 Å². The fourth-order valence-electron chi connectivity index (χ4n) is 16.3. The van der Waals surface area contributed by atoms with E-state index in [0.29, 0.717) is 95.1 Å². The van der Waals surface area contributed by atoms with Gasteiger partial charge < -0.3 is 26.5 Å². The topological polar surface area (TPSA) is 449 Å². The Bertz CT molecular complexity index is 5880. The van der Waals surface area contributed by atoms with Gasteiger partial charge in [-0.15, -0.1) is 23.2 Å². The second-order valence-corrected chi connectivity index (χ2v) is 40.1. The van der Waals surface area contributed by atoms with E-state index in [1.807, 2.05) is 0 Å². The molecule has 6 N–H and O–H groups in total. The largest absolute Gasteiger partial charge is 0.481 e. The number of aliphatic carboxylic acids is 1. The number of carboxylic acid groups (broad SMARTS) is 1. The van der Waals surface area contributed by atoms with Crippen LogP contribution < -0.4 is 26.6 Å².